The Bertz CT molecular complexity index is 522. The van der Waals surface area contributed by atoms with Crippen molar-refractivity contribution in [1.82, 2.24) is 5.32 Å². The number of rotatable bonds is 2. The van der Waals surface area contributed by atoms with E-state index >= 15 is 0 Å². The van der Waals surface area contributed by atoms with Crippen LogP contribution in [0.3, 0.4) is 0 Å². The van der Waals surface area contributed by atoms with Crippen LogP contribution < -0.4 is 5.32 Å². The van der Waals surface area contributed by atoms with E-state index in [2.05, 4.69) is 49.5 Å². The minimum Gasteiger partial charge on any atom is -0.359 e. The zero-order chi connectivity index (χ0) is 15.1. The van der Waals surface area contributed by atoms with Crippen LogP contribution in [-0.2, 0) is 10.2 Å². The lowest BCUT2D eigenvalue weighted by molar-refractivity contribution is -0.135. The summed E-state index contributed by atoms with van der Waals surface area (Å²) in [5.41, 5.74) is 1.42. The van der Waals surface area contributed by atoms with Gasteiger partial charge in [-0.05, 0) is 54.9 Å². The maximum atomic E-state index is 12.5. The lowest BCUT2D eigenvalue weighted by Gasteiger charge is -2.54. The first kappa shape index (κ1) is 14.6. The highest BCUT2D eigenvalue weighted by molar-refractivity contribution is 5.82. The minimum atomic E-state index is -0.215. The Kier molecular flexibility index (Phi) is 3.59. The summed E-state index contributed by atoms with van der Waals surface area (Å²) < 4.78 is 0. The molecule has 0 heterocycles. The van der Waals surface area contributed by atoms with Gasteiger partial charge in [-0.25, -0.2) is 0 Å². The van der Waals surface area contributed by atoms with E-state index in [1.165, 1.54) is 24.8 Å². The Morgan fingerprint density at radius 3 is 2.57 bits per heavy atom. The predicted molar refractivity (Wildman–Crippen MR) is 86.0 cm³/mol. The molecule has 2 fully saturated rings. The summed E-state index contributed by atoms with van der Waals surface area (Å²) in [5.74, 6) is 1.67. The van der Waals surface area contributed by atoms with Gasteiger partial charge in [0.1, 0.15) is 0 Å². The molecule has 2 heteroatoms. The van der Waals surface area contributed by atoms with Gasteiger partial charge in [0.05, 0.1) is 0 Å². The number of carbonyl (C=O) groups is 1. The van der Waals surface area contributed by atoms with Gasteiger partial charge in [-0.3, -0.25) is 4.79 Å². The summed E-state index contributed by atoms with van der Waals surface area (Å²) in [6.45, 7) is 4.55. The summed E-state index contributed by atoms with van der Waals surface area (Å²) in [5, 5.41) is 2.91. The molecule has 2 nitrogen and oxygen atoms in total. The second-order valence-electron chi connectivity index (χ2n) is 7.78. The molecule has 4 unspecified atom stereocenters. The highest BCUT2D eigenvalue weighted by atomic mass is 16.2. The molecule has 2 bridgehead atoms. The lowest BCUT2D eigenvalue weighted by Crippen LogP contribution is -2.51. The number of hydrogen-bond donors (Lipinski definition) is 1. The van der Waals surface area contributed by atoms with Crippen LogP contribution in [0.4, 0.5) is 0 Å². The van der Waals surface area contributed by atoms with Crippen molar-refractivity contribution in [2.45, 2.75) is 51.4 Å². The zero-order valence-corrected chi connectivity index (χ0v) is 13.5. The van der Waals surface area contributed by atoms with Gasteiger partial charge in [-0.2, -0.15) is 0 Å². The van der Waals surface area contributed by atoms with E-state index in [9.17, 15) is 4.79 Å². The number of hydrogen-bond acceptors (Lipinski definition) is 1. The molecule has 1 N–H and O–H groups in total. The number of amides is 1. The second-order valence-corrected chi connectivity index (χ2v) is 7.78. The van der Waals surface area contributed by atoms with Crippen LogP contribution >= 0.6 is 0 Å². The van der Waals surface area contributed by atoms with Crippen LogP contribution in [0, 0.1) is 17.3 Å². The van der Waals surface area contributed by atoms with Gasteiger partial charge in [0.15, 0.2) is 0 Å². The molecule has 3 rings (SSSR count). The van der Waals surface area contributed by atoms with E-state index in [1.807, 2.05) is 0 Å². The summed E-state index contributed by atoms with van der Waals surface area (Å²) in [4.78, 5) is 12.5. The largest absolute Gasteiger partial charge is 0.359 e. The molecule has 0 radical (unpaired) electrons. The van der Waals surface area contributed by atoms with Crippen molar-refractivity contribution in [2.75, 3.05) is 7.05 Å². The molecule has 114 valence electrons. The minimum absolute atomic E-state index is 0.198. The zero-order valence-electron chi connectivity index (χ0n) is 13.5. The average Bonchev–Trinajstić information content (AvgIpc) is 2.45. The molecule has 2 aliphatic rings. The van der Waals surface area contributed by atoms with Crippen molar-refractivity contribution < 1.29 is 4.79 Å². The van der Waals surface area contributed by atoms with Gasteiger partial charge in [-0.15, -0.1) is 0 Å². The van der Waals surface area contributed by atoms with Crippen molar-refractivity contribution in [2.24, 2.45) is 17.3 Å². The Balaban J connectivity index is 2.01. The second kappa shape index (κ2) is 5.15. The molecule has 2 saturated carbocycles. The molecule has 4 atom stereocenters. The molecule has 0 aromatic heterocycles. The van der Waals surface area contributed by atoms with Gasteiger partial charge in [0.2, 0.25) is 5.91 Å². The number of benzene rings is 1. The molecular weight excluding hydrogens is 258 g/mol. The maximum absolute atomic E-state index is 12.5. The van der Waals surface area contributed by atoms with Crippen molar-refractivity contribution in [3.8, 4) is 0 Å². The number of fused-ring (bicyclic) bond motifs is 2. The first-order valence-electron chi connectivity index (χ1n) is 8.25. The maximum Gasteiger partial charge on any atom is 0.225 e. The Hall–Kier alpha value is -1.31. The normalized spacial score (nSPS) is 38.8. The Morgan fingerprint density at radius 2 is 1.90 bits per heavy atom. The molecule has 0 spiro atoms. The van der Waals surface area contributed by atoms with Crippen LogP contribution in [0.15, 0.2) is 30.3 Å². The highest BCUT2D eigenvalue weighted by Crippen LogP contribution is 2.57. The van der Waals surface area contributed by atoms with Crippen molar-refractivity contribution in [3.63, 3.8) is 0 Å². The fraction of sp³-hybridized carbons (Fsp3) is 0.632. The topological polar surface area (TPSA) is 29.1 Å². The fourth-order valence-corrected chi connectivity index (χ4v) is 5.40. The van der Waals surface area contributed by atoms with Crippen LogP contribution in [0.25, 0.3) is 0 Å². The van der Waals surface area contributed by atoms with Crippen LogP contribution in [0.1, 0.15) is 51.5 Å². The van der Waals surface area contributed by atoms with Gasteiger partial charge < -0.3 is 5.32 Å². The number of carbonyl (C=O) groups excluding carboxylic acids is 1. The van der Waals surface area contributed by atoms with Crippen LogP contribution in [-0.4, -0.2) is 13.0 Å². The van der Waals surface area contributed by atoms with Crippen molar-refractivity contribution >= 4 is 5.91 Å². The monoisotopic (exact) mass is 285 g/mol. The molecule has 1 aromatic carbocycles. The van der Waals surface area contributed by atoms with E-state index in [-0.39, 0.29) is 16.7 Å². The molecule has 1 aromatic rings. The third kappa shape index (κ3) is 2.49. The van der Waals surface area contributed by atoms with Crippen molar-refractivity contribution in [3.05, 3.63) is 35.9 Å². The average molecular weight is 285 g/mol. The van der Waals surface area contributed by atoms with E-state index in [0.29, 0.717) is 5.92 Å². The summed E-state index contributed by atoms with van der Waals surface area (Å²) in [6, 6.07) is 10.9. The lowest BCUT2D eigenvalue weighted by atomic mass is 9.50. The van der Waals surface area contributed by atoms with Gasteiger partial charge >= 0.3 is 0 Å². The molecule has 21 heavy (non-hydrogen) atoms. The smallest absolute Gasteiger partial charge is 0.225 e. The fourth-order valence-electron chi connectivity index (χ4n) is 5.40. The number of nitrogens with one attached hydrogen (secondary N) is 1. The molecule has 2 aliphatic carbocycles. The Morgan fingerprint density at radius 1 is 1.19 bits per heavy atom. The van der Waals surface area contributed by atoms with E-state index < -0.39 is 0 Å². The van der Waals surface area contributed by atoms with Crippen LogP contribution in [0.2, 0.25) is 0 Å². The standard InChI is InChI=1S/C19H27NO/c1-14-9-15-11-18(2,17(21)20-3)13-19(10-14,12-15)16-7-5-4-6-8-16/h4-8,14-15H,9-13H2,1-3H3,(H,20,21). The molecule has 0 aliphatic heterocycles. The van der Waals surface area contributed by atoms with Crippen molar-refractivity contribution in [1.29, 1.82) is 0 Å². The third-order valence-electron chi connectivity index (χ3n) is 5.78. The molecule has 1 amide bonds. The first-order valence-corrected chi connectivity index (χ1v) is 8.25. The summed E-state index contributed by atoms with van der Waals surface area (Å²) in [7, 11) is 1.77. The van der Waals surface area contributed by atoms with Crippen LogP contribution in [0.5, 0.6) is 0 Å². The van der Waals surface area contributed by atoms with Gasteiger partial charge in [-0.1, -0.05) is 44.2 Å². The van der Waals surface area contributed by atoms with E-state index in [1.54, 1.807) is 7.05 Å². The Labute approximate surface area is 128 Å². The molecular formula is C19H27NO. The first-order chi connectivity index (χ1) is 9.97. The molecule has 0 saturated heterocycles. The van der Waals surface area contributed by atoms with E-state index in [0.717, 1.165) is 18.8 Å². The van der Waals surface area contributed by atoms with Gasteiger partial charge in [0.25, 0.3) is 0 Å². The van der Waals surface area contributed by atoms with Gasteiger partial charge in [0, 0.05) is 12.5 Å². The predicted octanol–water partition coefficient (Wildman–Crippen LogP) is 3.91. The van der Waals surface area contributed by atoms with E-state index in [4.69, 9.17) is 0 Å². The quantitative estimate of drug-likeness (QED) is 0.877. The summed E-state index contributed by atoms with van der Waals surface area (Å²) >= 11 is 0. The SMILES string of the molecule is CNC(=O)C1(C)CC2CC(C)CC(c3ccccc3)(C2)C1. The highest BCUT2D eigenvalue weighted by Gasteiger charge is 2.52. The third-order valence-corrected chi connectivity index (χ3v) is 5.78. The summed E-state index contributed by atoms with van der Waals surface area (Å²) in [6.07, 6.45) is 5.80.